The molecule has 8 heteroatoms. The molecular formula is C48H69ClN2O5. The topological polar surface area (TPSA) is 98.2 Å². The Hall–Kier alpha value is -2.48. The lowest BCUT2D eigenvalue weighted by molar-refractivity contribution is -0.200. The molecule has 8 rings (SSSR count). The Morgan fingerprint density at radius 3 is 2.20 bits per heavy atom. The van der Waals surface area contributed by atoms with Gasteiger partial charge in [0.2, 0.25) is 5.91 Å². The lowest BCUT2D eigenvalue weighted by Crippen LogP contribution is -2.64. The average Bonchev–Trinajstić information content (AvgIpc) is 3.68. The van der Waals surface area contributed by atoms with Crippen molar-refractivity contribution < 1.29 is 24.6 Å². The van der Waals surface area contributed by atoms with Crippen LogP contribution < -0.4 is 0 Å². The molecule has 8 atom stereocenters. The van der Waals surface area contributed by atoms with Crippen LogP contribution in [0, 0.1) is 56.7 Å². The van der Waals surface area contributed by atoms with Crippen LogP contribution in [-0.2, 0) is 9.59 Å². The number of allylic oxidation sites excluding steroid dienone is 3. The number of nitrogens with zero attached hydrogens (tertiary/aromatic N) is 2. The number of aromatic carboxylic acids is 1. The maximum Gasteiger partial charge on any atom is 0.335 e. The lowest BCUT2D eigenvalue weighted by atomic mass is 9.33. The minimum absolute atomic E-state index is 0. The summed E-state index contributed by atoms with van der Waals surface area (Å²) in [5.41, 5.74) is 4.61. The van der Waals surface area contributed by atoms with E-state index in [-0.39, 0.29) is 57.6 Å². The number of carboxylic acids is 1. The van der Waals surface area contributed by atoms with Crippen molar-refractivity contribution in [2.45, 2.75) is 132 Å². The van der Waals surface area contributed by atoms with Crippen molar-refractivity contribution in [3.63, 3.8) is 0 Å². The number of halogens is 1. The van der Waals surface area contributed by atoms with Crippen molar-refractivity contribution in [2.24, 2.45) is 56.7 Å². The molecule has 0 radical (unpaired) electrons. The highest BCUT2D eigenvalue weighted by Gasteiger charge is 2.70. The number of carbonyl (C=O) groups excluding carboxylic acids is 2. The summed E-state index contributed by atoms with van der Waals surface area (Å²) in [6, 6.07) is 7.49. The molecule has 4 saturated carbocycles. The van der Waals surface area contributed by atoms with E-state index in [2.05, 4.69) is 59.4 Å². The number of carboxylic acid groups (broad SMARTS) is 1. The van der Waals surface area contributed by atoms with Gasteiger partial charge < -0.3 is 15.1 Å². The summed E-state index contributed by atoms with van der Waals surface area (Å²) < 4.78 is 0. The van der Waals surface area contributed by atoms with Crippen molar-refractivity contribution in [2.75, 3.05) is 32.7 Å². The summed E-state index contributed by atoms with van der Waals surface area (Å²) in [4.78, 5) is 44.1. The second-order valence-electron chi connectivity index (χ2n) is 21.0. The first-order chi connectivity index (χ1) is 26.0. The first kappa shape index (κ1) is 41.7. The van der Waals surface area contributed by atoms with Gasteiger partial charge in [-0.25, -0.2) is 4.79 Å². The third-order valence-corrected chi connectivity index (χ3v) is 17.6. The van der Waals surface area contributed by atoms with E-state index in [1.54, 1.807) is 12.1 Å². The number of aliphatic hydroxyl groups is 1. The van der Waals surface area contributed by atoms with E-state index in [1.165, 1.54) is 11.1 Å². The predicted octanol–water partition coefficient (Wildman–Crippen LogP) is 9.48. The number of amides is 1. The summed E-state index contributed by atoms with van der Waals surface area (Å²) in [7, 11) is 0. The Bertz CT molecular complexity index is 1790. The molecule has 2 N–H and O–H groups in total. The Morgan fingerprint density at radius 1 is 0.893 bits per heavy atom. The third-order valence-electron chi connectivity index (χ3n) is 17.6. The molecular weight excluding hydrogens is 720 g/mol. The van der Waals surface area contributed by atoms with Crippen LogP contribution in [-0.4, -0.2) is 76.5 Å². The Balaban J connectivity index is 0.00000480. The van der Waals surface area contributed by atoms with Crippen LogP contribution in [0.3, 0.4) is 0 Å². The highest BCUT2D eigenvalue weighted by molar-refractivity contribution is 6.01. The second kappa shape index (κ2) is 14.7. The Morgan fingerprint density at radius 2 is 1.57 bits per heavy atom. The minimum Gasteiger partial charge on any atom is -0.478 e. The molecule has 0 aromatic heterocycles. The van der Waals surface area contributed by atoms with Gasteiger partial charge in [-0.2, -0.15) is 0 Å². The predicted molar refractivity (Wildman–Crippen MR) is 224 cm³/mol. The normalized spacial score (nSPS) is 36.8. The van der Waals surface area contributed by atoms with Gasteiger partial charge in [-0.1, -0.05) is 72.2 Å². The third kappa shape index (κ3) is 6.38. The molecule has 1 amide bonds. The van der Waals surface area contributed by atoms with Crippen molar-refractivity contribution in [3.8, 4) is 0 Å². The molecule has 0 spiro atoms. The quantitative estimate of drug-likeness (QED) is 0.245. The van der Waals surface area contributed by atoms with Crippen LogP contribution >= 0.6 is 12.4 Å². The van der Waals surface area contributed by atoms with Crippen LogP contribution in [0.4, 0.5) is 0 Å². The summed E-state index contributed by atoms with van der Waals surface area (Å²) in [6.07, 6.45) is 14.0. The molecule has 0 bridgehead atoms. The zero-order valence-electron chi connectivity index (χ0n) is 35.3. The van der Waals surface area contributed by atoms with Gasteiger partial charge in [-0.15, -0.1) is 12.4 Å². The highest BCUT2D eigenvalue weighted by Crippen LogP contribution is 2.77. The van der Waals surface area contributed by atoms with E-state index in [9.17, 15) is 24.6 Å². The monoisotopic (exact) mass is 788 g/mol. The summed E-state index contributed by atoms with van der Waals surface area (Å²) in [6.45, 7) is 20.4. The largest absolute Gasteiger partial charge is 0.478 e. The maximum absolute atomic E-state index is 14.3. The van der Waals surface area contributed by atoms with Crippen molar-refractivity contribution >= 4 is 35.6 Å². The summed E-state index contributed by atoms with van der Waals surface area (Å²) in [5.74, 6) is 1.39. The van der Waals surface area contributed by atoms with Gasteiger partial charge in [-0.05, 0) is 164 Å². The van der Waals surface area contributed by atoms with Crippen LogP contribution in [0.25, 0.3) is 5.57 Å². The van der Waals surface area contributed by atoms with Gasteiger partial charge in [0, 0.05) is 24.9 Å². The first-order valence-electron chi connectivity index (χ1n) is 22.0. The molecule has 1 saturated heterocycles. The minimum atomic E-state index is -0.891. The fraction of sp³-hybridized carbons (Fsp3) is 0.729. The molecule has 1 heterocycles. The van der Waals surface area contributed by atoms with Gasteiger partial charge in [0.1, 0.15) is 0 Å². The fourth-order valence-corrected chi connectivity index (χ4v) is 14.5. The molecule has 308 valence electrons. The smallest absolute Gasteiger partial charge is 0.335 e. The first-order valence-corrected chi connectivity index (χ1v) is 22.0. The van der Waals surface area contributed by atoms with E-state index >= 15 is 0 Å². The molecule has 7 nitrogen and oxygen atoms in total. The second-order valence-corrected chi connectivity index (χ2v) is 21.0. The van der Waals surface area contributed by atoms with E-state index in [0.29, 0.717) is 42.8 Å². The number of carbonyl (C=O) groups is 3. The number of likely N-dealkylation sites (tertiary alicyclic amines) is 1. The molecule has 5 fully saturated rings. The summed E-state index contributed by atoms with van der Waals surface area (Å²) >= 11 is 0. The molecule has 6 aliphatic carbocycles. The van der Waals surface area contributed by atoms with Gasteiger partial charge in [0.15, 0.2) is 5.78 Å². The number of aliphatic hydroxyl groups excluding tert-OH is 1. The van der Waals surface area contributed by atoms with Gasteiger partial charge in [0.25, 0.3) is 0 Å². The van der Waals surface area contributed by atoms with E-state index in [1.807, 2.05) is 17.0 Å². The highest BCUT2D eigenvalue weighted by atomic mass is 35.5. The SMILES string of the molecule is CC(C)C1=C2[C@H]3CC[C@@H]4[C@@]5(C)CC=C(c6ccc(C(=O)O)cc6)C(C)(C)[C@H]5CC[C@@]4(C)[C@]3(C)CC[C@@]2([C@@H](O)CN(CC2CC2)C(=O)CN2CCCC2)CC1=O.Cl. The maximum atomic E-state index is 14.3. The van der Waals surface area contributed by atoms with Crippen LogP contribution in [0.2, 0.25) is 0 Å². The lowest BCUT2D eigenvalue weighted by Gasteiger charge is -2.71. The van der Waals surface area contributed by atoms with Gasteiger partial charge >= 0.3 is 5.97 Å². The zero-order chi connectivity index (χ0) is 39.3. The number of ketones is 1. The number of fused-ring (bicyclic) bond motifs is 7. The number of hydrogen-bond acceptors (Lipinski definition) is 5. The standard InChI is InChI=1S/C48H68N2O5.ClH/c1-30(2)41-36(51)26-48(39(52)28-50(27-31-10-11-31)40(53)29-49-24-8-9-25-49)23-22-46(6)35(42(41)48)16-17-38-45(5)20-18-34(32-12-14-33(15-13-32)43(54)55)44(3,4)37(45)19-21-47(38,46)7;/h12-15,18,30-31,35,37-39,52H,8-11,16-17,19-29H2,1-7H3,(H,54,55);1H/t35-,37-,38-,39+,45+,46-,47-,48+;/m1./s1. The van der Waals surface area contributed by atoms with E-state index in [4.69, 9.17) is 0 Å². The van der Waals surface area contributed by atoms with Crippen LogP contribution in [0.15, 0.2) is 41.5 Å². The number of rotatable bonds is 10. The van der Waals surface area contributed by atoms with Crippen molar-refractivity contribution in [3.05, 3.63) is 52.6 Å². The molecule has 1 aromatic carbocycles. The molecule has 7 aliphatic rings. The summed E-state index contributed by atoms with van der Waals surface area (Å²) in [5, 5.41) is 22.1. The van der Waals surface area contributed by atoms with E-state index in [0.717, 1.165) is 101 Å². The van der Waals surface area contributed by atoms with Gasteiger partial charge in [0.05, 0.1) is 18.2 Å². The van der Waals surface area contributed by atoms with Crippen molar-refractivity contribution in [1.29, 1.82) is 0 Å². The van der Waals surface area contributed by atoms with Crippen LogP contribution in [0.1, 0.15) is 141 Å². The zero-order valence-corrected chi connectivity index (χ0v) is 36.1. The van der Waals surface area contributed by atoms with Crippen LogP contribution in [0.5, 0.6) is 0 Å². The molecule has 56 heavy (non-hydrogen) atoms. The van der Waals surface area contributed by atoms with E-state index < -0.39 is 17.5 Å². The van der Waals surface area contributed by atoms with Gasteiger partial charge in [-0.3, -0.25) is 14.5 Å². The number of hydrogen-bond donors (Lipinski definition) is 2. The molecule has 1 aromatic rings. The average molecular weight is 790 g/mol. The van der Waals surface area contributed by atoms with Crippen molar-refractivity contribution in [1.82, 2.24) is 9.80 Å². The molecule has 1 aliphatic heterocycles. The Kier molecular flexibility index (Phi) is 10.9. The fourth-order valence-electron chi connectivity index (χ4n) is 14.5. The number of Topliss-reactive ketones (excluding diaryl/α,β-unsaturated/α-hetero) is 1. The number of benzene rings is 1. The Labute approximate surface area is 342 Å². The molecule has 0 unspecified atom stereocenters.